The van der Waals surface area contributed by atoms with Crippen LogP contribution >= 0.6 is 0 Å². The van der Waals surface area contributed by atoms with Crippen molar-refractivity contribution in [3.05, 3.63) is 75.8 Å². The lowest BCUT2D eigenvalue weighted by atomic mass is 10.1. The van der Waals surface area contributed by atoms with Crippen molar-refractivity contribution < 1.29 is 4.79 Å². The molecule has 0 saturated carbocycles. The summed E-state index contributed by atoms with van der Waals surface area (Å²) in [5, 5.41) is 10.5. The third-order valence-corrected chi connectivity index (χ3v) is 4.73. The second-order valence-electron chi connectivity index (χ2n) is 6.51. The van der Waals surface area contributed by atoms with Gasteiger partial charge in [0, 0.05) is 12.4 Å². The van der Waals surface area contributed by atoms with Gasteiger partial charge in [0.15, 0.2) is 5.69 Å². The Hall–Kier alpha value is -3.61. The van der Waals surface area contributed by atoms with Crippen LogP contribution < -0.4 is 10.9 Å². The number of carbonyl (C=O) groups is 1. The number of benzene rings is 2. The van der Waals surface area contributed by atoms with Crippen molar-refractivity contribution >= 4 is 22.5 Å². The summed E-state index contributed by atoms with van der Waals surface area (Å²) in [6, 6.07) is 15.0. The predicted octanol–water partition coefficient (Wildman–Crippen LogP) is 2.92. The summed E-state index contributed by atoms with van der Waals surface area (Å²) in [6.07, 6.45) is 0. The van der Waals surface area contributed by atoms with Gasteiger partial charge in [-0.3, -0.25) is 19.4 Å². The molecule has 2 N–H and O–H groups in total. The van der Waals surface area contributed by atoms with Crippen molar-refractivity contribution in [1.29, 1.82) is 0 Å². The summed E-state index contributed by atoms with van der Waals surface area (Å²) in [7, 11) is 1.78. The second kappa shape index (κ2) is 6.28. The van der Waals surface area contributed by atoms with Crippen LogP contribution in [0.25, 0.3) is 16.6 Å². The molecule has 0 aliphatic carbocycles. The first kappa shape index (κ1) is 16.8. The highest BCUT2D eigenvalue weighted by molar-refractivity contribution is 6.11. The Morgan fingerprint density at radius 3 is 2.59 bits per heavy atom. The number of amides is 1. The van der Waals surface area contributed by atoms with E-state index in [4.69, 9.17) is 0 Å². The Bertz CT molecular complexity index is 1210. The first-order valence-corrected chi connectivity index (χ1v) is 8.57. The van der Waals surface area contributed by atoms with Gasteiger partial charge in [-0.25, -0.2) is 4.68 Å². The molecule has 0 saturated heterocycles. The molecule has 4 rings (SSSR count). The highest BCUT2D eigenvalue weighted by Crippen LogP contribution is 2.20. The summed E-state index contributed by atoms with van der Waals surface area (Å²) >= 11 is 0. The summed E-state index contributed by atoms with van der Waals surface area (Å²) in [6.45, 7) is 3.75. The lowest BCUT2D eigenvalue weighted by Crippen LogP contribution is -2.23. The molecular formula is C20H19N5O2. The zero-order chi connectivity index (χ0) is 19.1. The minimum atomic E-state index is -0.419. The highest BCUT2D eigenvalue weighted by Gasteiger charge is 2.21. The monoisotopic (exact) mass is 361 g/mol. The molecule has 2 aromatic heterocycles. The number of fused-ring (bicyclic) bond motifs is 1. The maximum absolute atomic E-state index is 12.9. The van der Waals surface area contributed by atoms with E-state index in [1.54, 1.807) is 18.7 Å². The number of anilines is 1. The highest BCUT2D eigenvalue weighted by atomic mass is 16.2. The summed E-state index contributed by atoms with van der Waals surface area (Å²) in [5.74, 6) is -0.419. The van der Waals surface area contributed by atoms with Crippen LogP contribution in [0.4, 0.5) is 5.69 Å². The Morgan fingerprint density at radius 1 is 1.11 bits per heavy atom. The fourth-order valence-electron chi connectivity index (χ4n) is 3.19. The van der Waals surface area contributed by atoms with E-state index in [0.29, 0.717) is 5.69 Å². The van der Waals surface area contributed by atoms with Crippen LogP contribution in [0.2, 0.25) is 0 Å². The molecule has 136 valence electrons. The predicted molar refractivity (Wildman–Crippen MR) is 105 cm³/mol. The molecule has 0 atom stereocenters. The fraction of sp³-hybridized carbons (Fsp3) is 0.150. The van der Waals surface area contributed by atoms with Crippen molar-refractivity contribution in [2.45, 2.75) is 13.8 Å². The zero-order valence-electron chi connectivity index (χ0n) is 15.3. The van der Waals surface area contributed by atoms with Gasteiger partial charge in [0.2, 0.25) is 0 Å². The Kier molecular flexibility index (Phi) is 3.92. The lowest BCUT2D eigenvalue weighted by molar-refractivity contribution is 0.102. The molecule has 0 unspecified atom stereocenters. The molecule has 0 aliphatic heterocycles. The van der Waals surface area contributed by atoms with Gasteiger partial charge in [-0.2, -0.15) is 5.10 Å². The van der Waals surface area contributed by atoms with Gasteiger partial charge in [-0.15, -0.1) is 0 Å². The summed E-state index contributed by atoms with van der Waals surface area (Å²) < 4.78 is 3.25. The molecule has 0 aliphatic rings. The van der Waals surface area contributed by atoms with E-state index in [0.717, 1.165) is 22.2 Å². The molecule has 4 aromatic rings. The van der Waals surface area contributed by atoms with Crippen LogP contribution in [-0.4, -0.2) is 25.5 Å². The smallest absolute Gasteiger partial charge is 0.295 e. The number of aromatic nitrogens is 4. The molecule has 7 nitrogen and oxygen atoms in total. The maximum Gasteiger partial charge on any atom is 0.295 e. The molecule has 0 radical (unpaired) electrons. The molecule has 0 bridgehead atoms. The van der Waals surface area contributed by atoms with Crippen molar-refractivity contribution in [3.8, 4) is 5.69 Å². The molecule has 2 heterocycles. The average Bonchev–Trinajstić information content (AvgIpc) is 3.17. The number of hydrogen-bond acceptors (Lipinski definition) is 3. The topological polar surface area (TPSA) is 84.7 Å². The third kappa shape index (κ3) is 2.73. The number of aromatic amines is 1. The SMILES string of the molecule is Cc1ccc2[nH]nc(C(=O)Nc3c(C)n(C)n(-c4ccccc4)c3=O)c2c1. The normalized spacial score (nSPS) is 11.1. The lowest BCUT2D eigenvalue weighted by Gasteiger charge is -2.07. The average molecular weight is 361 g/mol. The van der Waals surface area contributed by atoms with E-state index in [1.807, 2.05) is 55.5 Å². The molecule has 1 amide bonds. The minimum Gasteiger partial charge on any atom is -0.314 e. The zero-order valence-corrected chi connectivity index (χ0v) is 15.3. The summed E-state index contributed by atoms with van der Waals surface area (Å²) in [4.78, 5) is 25.7. The van der Waals surface area contributed by atoms with Crippen molar-refractivity contribution in [1.82, 2.24) is 19.6 Å². The molecule has 7 heteroatoms. The maximum atomic E-state index is 12.9. The molecule has 2 aromatic carbocycles. The van der Waals surface area contributed by atoms with Gasteiger partial charge < -0.3 is 5.32 Å². The van der Waals surface area contributed by atoms with Crippen LogP contribution in [-0.2, 0) is 7.05 Å². The van der Waals surface area contributed by atoms with Gasteiger partial charge in [0.1, 0.15) is 5.69 Å². The van der Waals surface area contributed by atoms with Gasteiger partial charge >= 0.3 is 0 Å². The van der Waals surface area contributed by atoms with E-state index < -0.39 is 5.91 Å². The second-order valence-corrected chi connectivity index (χ2v) is 6.51. The standard InChI is InChI=1S/C20H19N5O2/c1-12-9-10-16-15(11-12)18(23-22-16)19(26)21-17-13(2)24(3)25(20(17)27)14-7-5-4-6-8-14/h4-11H,1-3H3,(H,21,26)(H,22,23). The number of H-pyrrole nitrogens is 1. The van der Waals surface area contributed by atoms with Crippen LogP contribution in [0.1, 0.15) is 21.7 Å². The Morgan fingerprint density at radius 2 is 1.85 bits per heavy atom. The third-order valence-electron chi connectivity index (χ3n) is 4.73. The van der Waals surface area contributed by atoms with E-state index in [9.17, 15) is 9.59 Å². The Labute approximate surface area is 155 Å². The molecular weight excluding hydrogens is 342 g/mol. The van der Waals surface area contributed by atoms with E-state index in [-0.39, 0.29) is 16.9 Å². The van der Waals surface area contributed by atoms with Crippen LogP contribution in [0.5, 0.6) is 0 Å². The first-order chi connectivity index (χ1) is 13.0. The van der Waals surface area contributed by atoms with E-state index in [1.165, 1.54) is 4.68 Å². The number of carbonyl (C=O) groups excluding carboxylic acids is 1. The first-order valence-electron chi connectivity index (χ1n) is 8.57. The van der Waals surface area contributed by atoms with Crippen molar-refractivity contribution in [2.24, 2.45) is 7.05 Å². The number of hydrogen-bond donors (Lipinski definition) is 2. The molecule has 0 spiro atoms. The molecule has 0 fully saturated rings. The fourth-order valence-corrected chi connectivity index (χ4v) is 3.19. The van der Waals surface area contributed by atoms with Gasteiger partial charge in [0.25, 0.3) is 11.5 Å². The van der Waals surface area contributed by atoms with Crippen molar-refractivity contribution in [3.63, 3.8) is 0 Å². The quantitative estimate of drug-likeness (QED) is 0.588. The minimum absolute atomic E-state index is 0.246. The largest absolute Gasteiger partial charge is 0.314 e. The van der Waals surface area contributed by atoms with Crippen LogP contribution in [0.3, 0.4) is 0 Å². The number of rotatable bonds is 3. The number of para-hydroxylation sites is 1. The van der Waals surface area contributed by atoms with Gasteiger partial charge in [0.05, 0.1) is 16.9 Å². The van der Waals surface area contributed by atoms with Crippen LogP contribution in [0, 0.1) is 13.8 Å². The van der Waals surface area contributed by atoms with E-state index >= 15 is 0 Å². The van der Waals surface area contributed by atoms with Crippen molar-refractivity contribution in [2.75, 3.05) is 5.32 Å². The van der Waals surface area contributed by atoms with Gasteiger partial charge in [-0.1, -0.05) is 29.8 Å². The Balaban J connectivity index is 1.76. The number of aryl methyl sites for hydroxylation is 1. The molecule has 27 heavy (non-hydrogen) atoms. The van der Waals surface area contributed by atoms with E-state index in [2.05, 4.69) is 15.5 Å². The number of nitrogens with zero attached hydrogens (tertiary/aromatic N) is 3. The van der Waals surface area contributed by atoms with Gasteiger partial charge in [-0.05, 0) is 38.1 Å². The summed E-state index contributed by atoms with van der Waals surface area (Å²) in [5.41, 5.74) is 3.42. The number of nitrogens with one attached hydrogen (secondary N) is 2. The van der Waals surface area contributed by atoms with Crippen LogP contribution in [0.15, 0.2) is 53.3 Å².